The third-order valence-corrected chi connectivity index (χ3v) is 4.41. The van der Waals surface area contributed by atoms with Crippen LogP contribution in [-0.2, 0) is 14.3 Å². The highest BCUT2D eigenvalue weighted by Gasteiger charge is 2.13. The number of hydrogen-bond acceptors (Lipinski definition) is 8. The van der Waals surface area contributed by atoms with Gasteiger partial charge < -0.3 is 25.0 Å². The van der Waals surface area contributed by atoms with Crippen LogP contribution in [0.15, 0.2) is 67.0 Å². The molecule has 0 aliphatic carbocycles. The van der Waals surface area contributed by atoms with Gasteiger partial charge in [-0.25, -0.2) is 9.97 Å². The number of rotatable bonds is 9. The van der Waals surface area contributed by atoms with Gasteiger partial charge in [0, 0.05) is 30.7 Å². The molecule has 10 heteroatoms. The fourth-order valence-electron chi connectivity index (χ4n) is 2.79. The Kier molecular flexibility index (Phi) is 7.90. The number of carbonyl (C=O) groups excluding carboxylic acids is 3. The molecule has 0 aliphatic rings. The zero-order valence-electron chi connectivity index (χ0n) is 18.1. The zero-order valence-corrected chi connectivity index (χ0v) is 18.1. The molecule has 33 heavy (non-hydrogen) atoms. The van der Waals surface area contributed by atoms with E-state index in [1.54, 1.807) is 74.0 Å². The first-order chi connectivity index (χ1) is 16.0. The van der Waals surface area contributed by atoms with Crippen LogP contribution >= 0.6 is 0 Å². The van der Waals surface area contributed by atoms with Gasteiger partial charge in [0.1, 0.15) is 12.3 Å². The molecule has 3 rings (SSSR count). The summed E-state index contributed by atoms with van der Waals surface area (Å²) in [6.45, 7) is -0.550. The second kappa shape index (κ2) is 11.2. The van der Waals surface area contributed by atoms with Gasteiger partial charge in [-0.2, -0.15) is 0 Å². The lowest BCUT2D eigenvalue weighted by Crippen LogP contribution is -2.30. The van der Waals surface area contributed by atoms with Gasteiger partial charge in [0.05, 0.1) is 12.8 Å². The Labute approximate surface area is 190 Å². The lowest BCUT2D eigenvalue weighted by Gasteiger charge is -2.15. The van der Waals surface area contributed by atoms with Crippen molar-refractivity contribution in [3.63, 3.8) is 0 Å². The van der Waals surface area contributed by atoms with E-state index in [0.29, 0.717) is 28.6 Å². The van der Waals surface area contributed by atoms with Crippen molar-refractivity contribution < 1.29 is 23.9 Å². The van der Waals surface area contributed by atoms with Gasteiger partial charge in [-0.1, -0.05) is 12.1 Å². The molecule has 0 saturated carbocycles. The molecule has 0 saturated heterocycles. The maximum atomic E-state index is 12.5. The second-order valence-corrected chi connectivity index (χ2v) is 6.85. The van der Waals surface area contributed by atoms with Crippen LogP contribution in [0.5, 0.6) is 5.75 Å². The Morgan fingerprint density at radius 2 is 1.64 bits per heavy atom. The minimum Gasteiger partial charge on any atom is -0.495 e. The fourth-order valence-corrected chi connectivity index (χ4v) is 2.79. The van der Waals surface area contributed by atoms with Gasteiger partial charge in [-0.3, -0.25) is 14.4 Å². The number of methoxy groups -OCH3 is 1. The standard InChI is InChI=1S/C23H23N5O5/c1-28(23-24-12-5-13-25-23)14-21(30)33-15-20(29)26-17-10-8-16(9-11-17)22(31)27-18-6-3-4-7-19(18)32-2/h3-13H,14-15H2,1-2H3,(H,26,29)(H,27,31). The Bertz CT molecular complexity index is 1110. The van der Waals surface area contributed by atoms with Crippen molar-refractivity contribution in [2.45, 2.75) is 0 Å². The van der Waals surface area contributed by atoms with Crippen LogP contribution in [-0.4, -0.2) is 55.1 Å². The van der Waals surface area contributed by atoms with Crippen LogP contribution in [0.3, 0.4) is 0 Å². The largest absolute Gasteiger partial charge is 0.495 e. The second-order valence-electron chi connectivity index (χ2n) is 6.85. The molecule has 0 radical (unpaired) electrons. The predicted molar refractivity (Wildman–Crippen MR) is 122 cm³/mol. The molecule has 0 fully saturated rings. The number of nitrogens with zero attached hydrogens (tertiary/aromatic N) is 3. The third-order valence-electron chi connectivity index (χ3n) is 4.41. The van der Waals surface area contributed by atoms with Gasteiger partial charge in [-0.05, 0) is 42.5 Å². The van der Waals surface area contributed by atoms with Crippen LogP contribution in [0.1, 0.15) is 10.4 Å². The predicted octanol–water partition coefficient (Wildman–Crippen LogP) is 2.36. The average molecular weight is 449 g/mol. The number of likely N-dealkylation sites (N-methyl/N-ethyl adjacent to an activating group) is 1. The number of hydrogen-bond donors (Lipinski definition) is 2. The third kappa shape index (κ3) is 6.76. The maximum absolute atomic E-state index is 12.5. The summed E-state index contributed by atoms with van der Waals surface area (Å²) in [4.78, 5) is 46.1. The molecule has 0 bridgehead atoms. The molecular formula is C23H23N5O5. The number of anilines is 3. The highest BCUT2D eigenvalue weighted by molar-refractivity contribution is 6.05. The molecule has 10 nitrogen and oxygen atoms in total. The number of ether oxygens (including phenoxy) is 2. The molecule has 2 amide bonds. The van der Waals surface area contributed by atoms with E-state index in [2.05, 4.69) is 20.6 Å². The number of carbonyl (C=O) groups is 3. The summed E-state index contributed by atoms with van der Waals surface area (Å²) in [6.07, 6.45) is 3.12. The highest BCUT2D eigenvalue weighted by atomic mass is 16.5. The van der Waals surface area contributed by atoms with Gasteiger partial charge in [0.25, 0.3) is 11.8 Å². The first kappa shape index (κ1) is 23.2. The first-order valence-corrected chi connectivity index (χ1v) is 9.94. The van der Waals surface area contributed by atoms with Crippen LogP contribution < -0.4 is 20.3 Å². The molecule has 0 spiro atoms. The minimum atomic E-state index is -0.594. The fraction of sp³-hybridized carbons (Fsp3) is 0.174. The summed E-state index contributed by atoms with van der Waals surface area (Å²) >= 11 is 0. The maximum Gasteiger partial charge on any atom is 0.326 e. The molecule has 1 aromatic heterocycles. The van der Waals surface area contributed by atoms with Crippen molar-refractivity contribution in [3.05, 3.63) is 72.6 Å². The summed E-state index contributed by atoms with van der Waals surface area (Å²) in [5.41, 5.74) is 1.41. The molecule has 0 atom stereocenters. The molecule has 2 N–H and O–H groups in total. The van der Waals surface area contributed by atoms with E-state index in [1.165, 1.54) is 12.0 Å². The van der Waals surface area contributed by atoms with Crippen LogP contribution in [0, 0.1) is 0 Å². The lowest BCUT2D eigenvalue weighted by atomic mass is 10.2. The Morgan fingerprint density at radius 3 is 2.33 bits per heavy atom. The van der Waals surface area contributed by atoms with E-state index in [1.807, 2.05) is 0 Å². The van der Waals surface area contributed by atoms with E-state index in [9.17, 15) is 14.4 Å². The normalized spacial score (nSPS) is 10.1. The van der Waals surface area contributed by atoms with Crippen molar-refractivity contribution in [1.82, 2.24) is 9.97 Å². The van der Waals surface area contributed by atoms with Crippen LogP contribution in [0.4, 0.5) is 17.3 Å². The van der Waals surface area contributed by atoms with E-state index < -0.39 is 18.5 Å². The van der Waals surface area contributed by atoms with E-state index in [0.717, 1.165) is 0 Å². The average Bonchev–Trinajstić information content (AvgIpc) is 2.84. The molecule has 0 aliphatic heterocycles. The number of para-hydroxylation sites is 2. The SMILES string of the molecule is COc1ccccc1NC(=O)c1ccc(NC(=O)COC(=O)CN(C)c2ncccn2)cc1. The minimum absolute atomic E-state index is 0.104. The number of nitrogens with one attached hydrogen (secondary N) is 2. The summed E-state index contributed by atoms with van der Waals surface area (Å²) in [5, 5.41) is 5.39. The van der Waals surface area contributed by atoms with Crippen LogP contribution in [0.2, 0.25) is 0 Å². The van der Waals surface area contributed by atoms with Crippen molar-refractivity contribution in [3.8, 4) is 5.75 Å². The van der Waals surface area contributed by atoms with Gasteiger partial charge in [0.2, 0.25) is 5.95 Å². The van der Waals surface area contributed by atoms with Crippen LogP contribution in [0.25, 0.3) is 0 Å². The molecule has 1 heterocycles. The van der Waals surface area contributed by atoms with Gasteiger partial charge >= 0.3 is 5.97 Å². The molecule has 170 valence electrons. The number of benzene rings is 2. The first-order valence-electron chi connectivity index (χ1n) is 9.94. The van der Waals surface area contributed by atoms with Gasteiger partial charge in [-0.15, -0.1) is 0 Å². The van der Waals surface area contributed by atoms with E-state index in [-0.39, 0.29) is 12.5 Å². The van der Waals surface area contributed by atoms with Crippen molar-refractivity contribution >= 4 is 35.1 Å². The summed E-state index contributed by atoms with van der Waals surface area (Å²) in [5.74, 6) is -0.505. The smallest absolute Gasteiger partial charge is 0.326 e. The molecular weight excluding hydrogens is 426 g/mol. The quantitative estimate of drug-likeness (QED) is 0.478. The monoisotopic (exact) mass is 449 g/mol. The Balaban J connectivity index is 1.46. The highest BCUT2D eigenvalue weighted by Crippen LogP contribution is 2.23. The van der Waals surface area contributed by atoms with Gasteiger partial charge in [0.15, 0.2) is 6.61 Å². The number of amides is 2. The van der Waals surface area contributed by atoms with E-state index in [4.69, 9.17) is 9.47 Å². The number of aromatic nitrogens is 2. The molecule has 2 aromatic carbocycles. The lowest BCUT2D eigenvalue weighted by molar-refractivity contribution is -0.145. The number of esters is 1. The summed E-state index contributed by atoms with van der Waals surface area (Å²) in [7, 11) is 3.16. The zero-order chi connectivity index (χ0) is 23.6. The van der Waals surface area contributed by atoms with E-state index >= 15 is 0 Å². The Morgan fingerprint density at radius 1 is 0.939 bits per heavy atom. The van der Waals surface area contributed by atoms with Crippen molar-refractivity contribution in [1.29, 1.82) is 0 Å². The summed E-state index contributed by atoms with van der Waals surface area (Å²) in [6, 6.07) is 15.0. The van der Waals surface area contributed by atoms with Crippen molar-refractivity contribution in [2.24, 2.45) is 0 Å². The summed E-state index contributed by atoms with van der Waals surface area (Å²) < 4.78 is 10.2. The molecule has 0 unspecified atom stereocenters. The Hall–Kier alpha value is -4.47. The molecule has 3 aromatic rings. The topological polar surface area (TPSA) is 123 Å². The van der Waals surface area contributed by atoms with Crippen molar-refractivity contribution in [2.75, 3.05) is 42.8 Å².